The van der Waals surface area contributed by atoms with Gasteiger partial charge < -0.3 is 9.30 Å². The highest BCUT2D eigenvalue weighted by Gasteiger charge is 2.42. The summed E-state index contributed by atoms with van der Waals surface area (Å²) in [6.45, 7) is 8.30. The molecule has 0 radical (unpaired) electrons. The molecule has 0 saturated carbocycles. The minimum atomic E-state index is -4.91. The highest BCUT2D eigenvalue weighted by Crippen LogP contribution is 2.32. The minimum Gasteiger partial charge on any atom is -0.491 e. The Balaban J connectivity index is 1.92. The van der Waals surface area contributed by atoms with Crippen LogP contribution >= 0.6 is 0 Å². The lowest BCUT2D eigenvalue weighted by Crippen LogP contribution is -2.23. The zero-order valence-corrected chi connectivity index (χ0v) is 16.9. The number of carbonyl (C=O) groups is 1. The van der Waals surface area contributed by atoms with Gasteiger partial charge in [-0.05, 0) is 43.0 Å². The molecule has 0 amide bonds. The van der Waals surface area contributed by atoms with Crippen molar-refractivity contribution in [2.75, 3.05) is 6.61 Å². The number of halogens is 3. The Kier molecular flexibility index (Phi) is 5.73. The van der Waals surface area contributed by atoms with Gasteiger partial charge in [-0.25, -0.2) is 0 Å². The molecule has 3 rings (SSSR count). The lowest BCUT2D eigenvalue weighted by atomic mass is 10.0. The van der Waals surface area contributed by atoms with Crippen molar-refractivity contribution in [3.8, 4) is 5.75 Å². The van der Waals surface area contributed by atoms with Crippen LogP contribution in [0.1, 0.15) is 46.9 Å². The van der Waals surface area contributed by atoms with E-state index in [0.29, 0.717) is 23.1 Å². The number of Topliss-reactive ketones (excluding diaryl/α,β-unsaturated/α-hetero) is 1. The van der Waals surface area contributed by atoms with Gasteiger partial charge in [-0.3, -0.25) is 4.79 Å². The Morgan fingerprint density at radius 3 is 2.45 bits per heavy atom. The maximum absolute atomic E-state index is 13.1. The molecule has 0 atom stereocenters. The fraction of sp³-hybridized carbons (Fsp3) is 0.348. The van der Waals surface area contributed by atoms with Crippen molar-refractivity contribution >= 4 is 16.7 Å². The van der Waals surface area contributed by atoms with Crippen LogP contribution in [0.3, 0.4) is 0 Å². The van der Waals surface area contributed by atoms with Gasteiger partial charge in [0.25, 0.3) is 5.78 Å². The van der Waals surface area contributed by atoms with Gasteiger partial charge in [0.2, 0.25) is 0 Å². The van der Waals surface area contributed by atoms with E-state index in [2.05, 4.69) is 13.8 Å². The quantitative estimate of drug-likeness (QED) is 0.459. The zero-order chi connectivity index (χ0) is 21.3. The van der Waals surface area contributed by atoms with E-state index < -0.39 is 12.0 Å². The number of ketones is 1. The van der Waals surface area contributed by atoms with Crippen molar-refractivity contribution in [2.45, 2.75) is 46.3 Å². The number of ether oxygens (including phenoxy) is 1. The summed E-state index contributed by atoms with van der Waals surface area (Å²) in [6.07, 6.45) is -4.91. The van der Waals surface area contributed by atoms with E-state index >= 15 is 0 Å². The van der Waals surface area contributed by atoms with Crippen molar-refractivity contribution < 1.29 is 22.7 Å². The Bertz CT molecular complexity index is 1050. The number of hydrogen-bond donors (Lipinski definition) is 0. The predicted molar refractivity (Wildman–Crippen MR) is 108 cm³/mol. The number of carbonyl (C=O) groups excluding carboxylic acids is 1. The van der Waals surface area contributed by atoms with Crippen molar-refractivity contribution in [1.29, 1.82) is 0 Å². The summed E-state index contributed by atoms with van der Waals surface area (Å²) >= 11 is 0. The number of aryl methyl sites for hydroxylation is 1. The maximum Gasteiger partial charge on any atom is 0.454 e. The summed E-state index contributed by atoms with van der Waals surface area (Å²) in [5.74, 6) is -0.747. The molecule has 3 aromatic rings. The molecular weight excluding hydrogens is 379 g/mol. The lowest BCUT2D eigenvalue weighted by Gasteiger charge is -2.16. The molecule has 0 aliphatic carbocycles. The van der Waals surface area contributed by atoms with Gasteiger partial charge in [0, 0.05) is 16.6 Å². The fourth-order valence-corrected chi connectivity index (χ4v) is 3.64. The van der Waals surface area contributed by atoms with E-state index in [0.717, 1.165) is 16.9 Å². The number of alkyl halides is 3. The Labute approximate surface area is 168 Å². The summed E-state index contributed by atoms with van der Waals surface area (Å²) in [4.78, 5) is 12.0. The topological polar surface area (TPSA) is 31.2 Å². The van der Waals surface area contributed by atoms with Crippen LogP contribution in [0.2, 0.25) is 0 Å². The number of nitrogens with zero attached hydrogens (tertiary/aromatic N) is 1. The summed E-state index contributed by atoms with van der Waals surface area (Å²) in [7, 11) is 0. The Morgan fingerprint density at radius 2 is 1.79 bits per heavy atom. The smallest absolute Gasteiger partial charge is 0.454 e. The number of hydrogen-bond acceptors (Lipinski definition) is 2. The van der Waals surface area contributed by atoms with Gasteiger partial charge in [-0.2, -0.15) is 13.2 Å². The van der Waals surface area contributed by atoms with Crippen LogP contribution in [0.25, 0.3) is 10.9 Å². The second-order valence-electron chi connectivity index (χ2n) is 7.50. The number of aromatic nitrogens is 1. The van der Waals surface area contributed by atoms with Crippen LogP contribution in [0.5, 0.6) is 5.75 Å². The Morgan fingerprint density at radius 1 is 1.10 bits per heavy atom. The zero-order valence-electron chi connectivity index (χ0n) is 16.9. The lowest BCUT2D eigenvalue weighted by molar-refractivity contribution is -0.0884. The van der Waals surface area contributed by atoms with E-state index in [1.807, 2.05) is 25.1 Å². The van der Waals surface area contributed by atoms with Gasteiger partial charge in [-0.15, -0.1) is 0 Å². The maximum atomic E-state index is 13.1. The van der Waals surface area contributed by atoms with Crippen LogP contribution in [-0.2, 0) is 6.54 Å². The molecule has 1 heterocycles. The molecule has 0 aliphatic heterocycles. The molecule has 0 fully saturated rings. The first-order chi connectivity index (χ1) is 13.6. The van der Waals surface area contributed by atoms with Crippen molar-refractivity contribution in [1.82, 2.24) is 4.57 Å². The monoisotopic (exact) mass is 403 g/mol. The molecule has 154 valence electrons. The second kappa shape index (κ2) is 7.93. The first kappa shape index (κ1) is 21.0. The van der Waals surface area contributed by atoms with Gasteiger partial charge in [0.1, 0.15) is 12.4 Å². The van der Waals surface area contributed by atoms with Gasteiger partial charge in [0.15, 0.2) is 0 Å². The Hall–Kier alpha value is -2.76. The van der Waals surface area contributed by atoms with Crippen LogP contribution < -0.4 is 4.74 Å². The SMILES string of the molecule is Cc1ccc(C(C)C)c(OCCn2c(C)c(C(=O)C(F)(F)F)c3ccccc32)c1. The second-order valence-corrected chi connectivity index (χ2v) is 7.50. The largest absolute Gasteiger partial charge is 0.491 e. The van der Waals surface area contributed by atoms with Crippen molar-refractivity contribution in [3.63, 3.8) is 0 Å². The number of para-hydroxylation sites is 1. The molecule has 1 aromatic heterocycles. The molecule has 0 aliphatic rings. The molecule has 29 heavy (non-hydrogen) atoms. The first-order valence-corrected chi connectivity index (χ1v) is 9.54. The van der Waals surface area contributed by atoms with E-state index in [1.54, 1.807) is 35.8 Å². The molecule has 3 nitrogen and oxygen atoms in total. The van der Waals surface area contributed by atoms with Gasteiger partial charge in [0.05, 0.1) is 12.1 Å². The van der Waals surface area contributed by atoms with E-state index in [-0.39, 0.29) is 18.1 Å². The van der Waals surface area contributed by atoms with Crippen molar-refractivity contribution in [3.05, 3.63) is 64.8 Å². The summed E-state index contributed by atoms with van der Waals surface area (Å²) in [5.41, 5.74) is 2.76. The van der Waals surface area contributed by atoms with E-state index in [1.165, 1.54) is 0 Å². The van der Waals surface area contributed by atoms with Crippen LogP contribution in [0, 0.1) is 13.8 Å². The predicted octanol–water partition coefficient (Wildman–Crippen LogP) is 6.21. The highest BCUT2D eigenvalue weighted by atomic mass is 19.4. The minimum absolute atomic E-state index is 0.280. The third-order valence-electron chi connectivity index (χ3n) is 5.08. The standard InChI is InChI=1S/C23H24F3NO2/c1-14(2)17-10-9-15(3)13-20(17)29-12-11-27-16(4)21(22(28)23(24,25)26)18-7-5-6-8-19(18)27/h5-10,13-14H,11-12H2,1-4H3. The summed E-state index contributed by atoms with van der Waals surface area (Å²) in [5, 5.41) is 0.311. The molecular formula is C23H24F3NO2. The fourth-order valence-electron chi connectivity index (χ4n) is 3.64. The number of fused-ring (bicyclic) bond motifs is 1. The molecule has 0 spiro atoms. The summed E-state index contributed by atoms with van der Waals surface area (Å²) in [6, 6.07) is 12.7. The highest BCUT2D eigenvalue weighted by molar-refractivity contribution is 6.12. The van der Waals surface area contributed by atoms with Gasteiger partial charge >= 0.3 is 6.18 Å². The molecule has 0 bridgehead atoms. The van der Waals surface area contributed by atoms with E-state index in [9.17, 15) is 18.0 Å². The molecule has 2 aromatic carbocycles. The molecule has 6 heteroatoms. The normalized spacial score (nSPS) is 12.0. The third-order valence-corrected chi connectivity index (χ3v) is 5.08. The van der Waals surface area contributed by atoms with Crippen LogP contribution in [0.4, 0.5) is 13.2 Å². The van der Waals surface area contributed by atoms with Gasteiger partial charge in [-0.1, -0.05) is 44.2 Å². The van der Waals surface area contributed by atoms with E-state index in [4.69, 9.17) is 4.74 Å². The summed E-state index contributed by atoms with van der Waals surface area (Å²) < 4.78 is 47.0. The van der Waals surface area contributed by atoms with Crippen LogP contribution in [0.15, 0.2) is 42.5 Å². The van der Waals surface area contributed by atoms with Crippen LogP contribution in [-0.4, -0.2) is 23.1 Å². The first-order valence-electron chi connectivity index (χ1n) is 9.54. The number of rotatable bonds is 6. The molecule has 0 N–H and O–H groups in total. The average molecular weight is 403 g/mol. The molecule has 0 unspecified atom stereocenters. The number of benzene rings is 2. The third kappa shape index (κ3) is 4.16. The average Bonchev–Trinajstić information content (AvgIpc) is 2.92. The van der Waals surface area contributed by atoms with Crippen molar-refractivity contribution in [2.24, 2.45) is 0 Å². The molecule has 0 saturated heterocycles.